The van der Waals surface area contributed by atoms with Crippen molar-refractivity contribution in [2.75, 3.05) is 26.7 Å². The number of aliphatic hydroxyl groups excluding tert-OH is 2. The molecule has 1 heterocycles. The average Bonchev–Trinajstić information content (AvgIpc) is 2.50. The molecule has 1 unspecified atom stereocenters. The SMILES string of the molecule is CN=C(NCC(O)C1CCCCC1)N1CCC(O)CC1. The molecule has 1 saturated heterocycles. The molecule has 0 aromatic carbocycles. The van der Waals surface area contributed by atoms with Crippen molar-refractivity contribution in [1.29, 1.82) is 0 Å². The first-order valence-corrected chi connectivity index (χ1v) is 8.02. The third-order valence-corrected chi connectivity index (χ3v) is 4.64. The Balaban J connectivity index is 1.75. The third kappa shape index (κ3) is 4.35. The number of hydrogen-bond donors (Lipinski definition) is 3. The van der Waals surface area contributed by atoms with Gasteiger partial charge in [-0.25, -0.2) is 0 Å². The Morgan fingerprint density at radius 2 is 1.85 bits per heavy atom. The first-order chi connectivity index (χ1) is 9.70. The molecule has 0 amide bonds. The van der Waals surface area contributed by atoms with Crippen LogP contribution in [-0.2, 0) is 0 Å². The van der Waals surface area contributed by atoms with Gasteiger partial charge in [0.1, 0.15) is 0 Å². The summed E-state index contributed by atoms with van der Waals surface area (Å²) in [5, 5.41) is 23.1. The molecule has 1 aliphatic heterocycles. The zero-order valence-electron chi connectivity index (χ0n) is 12.6. The lowest BCUT2D eigenvalue weighted by molar-refractivity contribution is 0.0851. The Labute approximate surface area is 122 Å². The maximum Gasteiger partial charge on any atom is 0.193 e. The highest BCUT2D eigenvalue weighted by atomic mass is 16.3. The van der Waals surface area contributed by atoms with Crippen LogP contribution >= 0.6 is 0 Å². The molecule has 1 atom stereocenters. The van der Waals surface area contributed by atoms with Crippen molar-refractivity contribution in [3.63, 3.8) is 0 Å². The van der Waals surface area contributed by atoms with Crippen molar-refractivity contribution >= 4 is 5.96 Å². The van der Waals surface area contributed by atoms with Gasteiger partial charge in [0.15, 0.2) is 5.96 Å². The van der Waals surface area contributed by atoms with E-state index in [4.69, 9.17) is 0 Å². The van der Waals surface area contributed by atoms with E-state index in [1.54, 1.807) is 7.05 Å². The number of nitrogens with one attached hydrogen (secondary N) is 1. The average molecular weight is 283 g/mol. The number of piperidine rings is 1. The summed E-state index contributed by atoms with van der Waals surface area (Å²) in [4.78, 5) is 6.46. The molecular formula is C15H29N3O2. The first-order valence-electron chi connectivity index (χ1n) is 8.02. The highest BCUT2D eigenvalue weighted by Crippen LogP contribution is 2.26. The predicted molar refractivity (Wildman–Crippen MR) is 80.8 cm³/mol. The molecule has 5 nitrogen and oxygen atoms in total. The van der Waals surface area contributed by atoms with E-state index in [2.05, 4.69) is 15.2 Å². The number of aliphatic hydroxyl groups is 2. The fourth-order valence-corrected chi connectivity index (χ4v) is 3.29. The normalized spacial score (nSPS) is 24.8. The lowest BCUT2D eigenvalue weighted by Gasteiger charge is -2.33. The van der Waals surface area contributed by atoms with Crippen molar-refractivity contribution in [1.82, 2.24) is 10.2 Å². The number of aliphatic imine (C=N–C) groups is 1. The Hall–Kier alpha value is -0.810. The van der Waals surface area contributed by atoms with E-state index in [-0.39, 0.29) is 12.2 Å². The second kappa shape index (κ2) is 7.84. The van der Waals surface area contributed by atoms with Gasteiger partial charge in [-0.1, -0.05) is 19.3 Å². The van der Waals surface area contributed by atoms with Gasteiger partial charge in [-0.3, -0.25) is 4.99 Å². The lowest BCUT2D eigenvalue weighted by atomic mass is 9.85. The molecule has 0 aromatic heterocycles. The molecule has 3 N–H and O–H groups in total. The van der Waals surface area contributed by atoms with Gasteiger partial charge in [-0.2, -0.15) is 0 Å². The Bertz CT molecular complexity index is 308. The fourth-order valence-electron chi connectivity index (χ4n) is 3.29. The van der Waals surface area contributed by atoms with E-state index in [1.807, 2.05) is 0 Å². The van der Waals surface area contributed by atoms with Crippen LogP contribution in [0.2, 0.25) is 0 Å². The largest absolute Gasteiger partial charge is 0.393 e. The van der Waals surface area contributed by atoms with Crippen LogP contribution in [0.15, 0.2) is 4.99 Å². The van der Waals surface area contributed by atoms with Gasteiger partial charge >= 0.3 is 0 Å². The molecule has 0 bridgehead atoms. The number of guanidine groups is 1. The van der Waals surface area contributed by atoms with Crippen LogP contribution in [0.3, 0.4) is 0 Å². The Morgan fingerprint density at radius 3 is 2.45 bits per heavy atom. The van der Waals surface area contributed by atoms with E-state index in [0.717, 1.165) is 44.7 Å². The second-order valence-corrected chi connectivity index (χ2v) is 6.11. The monoisotopic (exact) mass is 283 g/mol. The third-order valence-electron chi connectivity index (χ3n) is 4.64. The van der Waals surface area contributed by atoms with E-state index in [1.165, 1.54) is 19.3 Å². The zero-order chi connectivity index (χ0) is 14.4. The summed E-state index contributed by atoms with van der Waals surface area (Å²) in [5.74, 6) is 1.30. The maximum atomic E-state index is 10.3. The van der Waals surface area contributed by atoms with Crippen LogP contribution in [0.25, 0.3) is 0 Å². The van der Waals surface area contributed by atoms with Crippen LogP contribution in [0.5, 0.6) is 0 Å². The summed E-state index contributed by atoms with van der Waals surface area (Å²) >= 11 is 0. The molecule has 1 aliphatic carbocycles. The van der Waals surface area contributed by atoms with Gasteiger partial charge < -0.3 is 20.4 Å². The summed E-state index contributed by atoms with van der Waals surface area (Å²) in [6.07, 6.45) is 7.27. The highest BCUT2D eigenvalue weighted by molar-refractivity contribution is 5.80. The minimum absolute atomic E-state index is 0.169. The molecule has 20 heavy (non-hydrogen) atoms. The quantitative estimate of drug-likeness (QED) is 0.533. The van der Waals surface area contributed by atoms with Crippen molar-refractivity contribution in [2.24, 2.45) is 10.9 Å². The smallest absolute Gasteiger partial charge is 0.193 e. The molecule has 0 radical (unpaired) electrons. The van der Waals surface area contributed by atoms with Crippen LogP contribution in [0.1, 0.15) is 44.9 Å². The van der Waals surface area contributed by atoms with Crippen LogP contribution in [0, 0.1) is 5.92 Å². The Kier molecular flexibility index (Phi) is 6.10. The van der Waals surface area contributed by atoms with Crippen LogP contribution in [0.4, 0.5) is 0 Å². The van der Waals surface area contributed by atoms with Gasteiger partial charge in [0, 0.05) is 26.7 Å². The van der Waals surface area contributed by atoms with Crippen LogP contribution in [-0.4, -0.2) is 60.0 Å². The molecular weight excluding hydrogens is 254 g/mol. The van der Waals surface area contributed by atoms with Gasteiger partial charge in [0.2, 0.25) is 0 Å². The van der Waals surface area contributed by atoms with E-state index < -0.39 is 0 Å². The van der Waals surface area contributed by atoms with Crippen molar-refractivity contribution in [2.45, 2.75) is 57.2 Å². The molecule has 1 saturated carbocycles. The topological polar surface area (TPSA) is 68.1 Å². The zero-order valence-corrected chi connectivity index (χ0v) is 12.6. The molecule has 5 heteroatoms. The molecule has 2 fully saturated rings. The van der Waals surface area contributed by atoms with Crippen molar-refractivity contribution in [3.05, 3.63) is 0 Å². The number of hydrogen-bond acceptors (Lipinski definition) is 3. The van der Waals surface area contributed by atoms with E-state index >= 15 is 0 Å². The number of likely N-dealkylation sites (tertiary alicyclic amines) is 1. The molecule has 2 aliphatic rings. The van der Waals surface area contributed by atoms with E-state index in [9.17, 15) is 10.2 Å². The van der Waals surface area contributed by atoms with Gasteiger partial charge in [-0.15, -0.1) is 0 Å². The number of nitrogens with zero attached hydrogens (tertiary/aromatic N) is 2. The van der Waals surface area contributed by atoms with E-state index in [0.29, 0.717) is 12.5 Å². The summed E-state index contributed by atoms with van der Waals surface area (Å²) in [6, 6.07) is 0. The second-order valence-electron chi connectivity index (χ2n) is 6.11. The molecule has 2 rings (SSSR count). The fraction of sp³-hybridized carbons (Fsp3) is 0.933. The van der Waals surface area contributed by atoms with Gasteiger partial charge in [0.25, 0.3) is 0 Å². The van der Waals surface area contributed by atoms with Crippen molar-refractivity contribution in [3.8, 4) is 0 Å². The predicted octanol–water partition coefficient (Wildman–Crippen LogP) is 0.960. The minimum Gasteiger partial charge on any atom is -0.393 e. The molecule has 0 spiro atoms. The van der Waals surface area contributed by atoms with Gasteiger partial charge in [0.05, 0.1) is 12.2 Å². The first kappa shape index (κ1) is 15.6. The van der Waals surface area contributed by atoms with Gasteiger partial charge in [-0.05, 0) is 31.6 Å². The summed E-state index contributed by atoms with van der Waals surface area (Å²) in [7, 11) is 1.78. The molecule has 116 valence electrons. The van der Waals surface area contributed by atoms with Crippen LogP contribution < -0.4 is 5.32 Å². The standard InChI is InChI=1S/C15H29N3O2/c1-16-15(18-9-7-13(19)8-10-18)17-11-14(20)12-5-3-2-4-6-12/h12-14,19-20H,2-11H2,1H3,(H,16,17). The van der Waals surface area contributed by atoms with Crippen molar-refractivity contribution < 1.29 is 10.2 Å². The lowest BCUT2D eigenvalue weighted by Crippen LogP contribution is -2.49. The summed E-state index contributed by atoms with van der Waals surface area (Å²) in [5.41, 5.74) is 0. The summed E-state index contributed by atoms with van der Waals surface area (Å²) < 4.78 is 0. The number of rotatable bonds is 3. The highest BCUT2D eigenvalue weighted by Gasteiger charge is 2.23. The Morgan fingerprint density at radius 1 is 1.20 bits per heavy atom. The maximum absolute atomic E-state index is 10.3. The minimum atomic E-state index is -0.276. The molecule has 0 aromatic rings. The summed E-state index contributed by atoms with van der Waals surface area (Å²) in [6.45, 7) is 2.25.